The Morgan fingerprint density at radius 1 is 1.53 bits per heavy atom. The summed E-state index contributed by atoms with van der Waals surface area (Å²) in [5.74, 6) is 0. The van der Waals surface area contributed by atoms with E-state index in [1.54, 1.807) is 12.1 Å². The Balaban J connectivity index is 2.44. The van der Waals surface area contributed by atoms with Gasteiger partial charge in [0.05, 0.1) is 11.6 Å². The average Bonchev–Trinajstić information content (AvgIpc) is 2.15. The Hall–Kier alpha value is -1.04. The van der Waals surface area contributed by atoms with Crippen molar-refractivity contribution in [3.8, 4) is 6.07 Å². The van der Waals surface area contributed by atoms with E-state index in [1.165, 1.54) is 0 Å². The molecule has 78 valence electrons. The van der Waals surface area contributed by atoms with Crippen molar-refractivity contribution in [2.24, 2.45) is 5.73 Å². The fourth-order valence-electron chi connectivity index (χ4n) is 2.43. The van der Waals surface area contributed by atoms with Crippen molar-refractivity contribution < 1.29 is 0 Å². The molecule has 2 rings (SSSR count). The Morgan fingerprint density at radius 2 is 2.20 bits per heavy atom. The summed E-state index contributed by atoms with van der Waals surface area (Å²) in [6.07, 6.45) is 1.87. The minimum atomic E-state index is 0.0371. The highest BCUT2D eigenvalue weighted by Crippen LogP contribution is 2.44. The molecule has 0 saturated heterocycles. The lowest BCUT2D eigenvalue weighted by Gasteiger charge is -2.44. The molecule has 15 heavy (non-hydrogen) atoms. The van der Waals surface area contributed by atoms with E-state index in [0.717, 1.165) is 18.4 Å². The van der Waals surface area contributed by atoms with Crippen LogP contribution in [0.2, 0.25) is 5.02 Å². The van der Waals surface area contributed by atoms with Crippen LogP contribution in [0, 0.1) is 11.3 Å². The largest absolute Gasteiger partial charge is 0.328 e. The molecule has 1 fully saturated rings. The van der Waals surface area contributed by atoms with Crippen LogP contribution in [-0.4, -0.2) is 6.04 Å². The van der Waals surface area contributed by atoms with Gasteiger partial charge in [-0.15, -0.1) is 0 Å². The van der Waals surface area contributed by atoms with Crippen LogP contribution < -0.4 is 5.73 Å². The molecule has 0 aliphatic heterocycles. The molecule has 3 heteroatoms. The number of hydrogen-bond donors (Lipinski definition) is 1. The highest BCUT2D eigenvalue weighted by molar-refractivity contribution is 6.30. The topological polar surface area (TPSA) is 49.8 Å². The van der Waals surface area contributed by atoms with Crippen LogP contribution in [0.3, 0.4) is 0 Å². The predicted octanol–water partition coefficient (Wildman–Crippen LogP) is 2.59. The summed E-state index contributed by atoms with van der Waals surface area (Å²) in [4.78, 5) is 0. The number of nitrogens with two attached hydrogens (primary N) is 1. The maximum Gasteiger partial charge on any atom is 0.0994 e. The standard InChI is InChI=1S/C12H13ClN2/c1-12(5-10(15)6-12)11-4-9(13)3-2-8(11)7-14/h2-4,10H,5-6,15H2,1H3. The van der Waals surface area contributed by atoms with E-state index in [2.05, 4.69) is 13.0 Å². The third-order valence-corrected chi connectivity index (χ3v) is 3.41. The lowest BCUT2D eigenvalue weighted by atomic mass is 9.62. The van der Waals surface area contributed by atoms with Crippen molar-refractivity contribution in [2.75, 3.05) is 0 Å². The third kappa shape index (κ3) is 1.73. The van der Waals surface area contributed by atoms with Crippen LogP contribution in [0.15, 0.2) is 18.2 Å². The quantitative estimate of drug-likeness (QED) is 0.791. The highest BCUT2D eigenvalue weighted by Gasteiger charge is 2.41. The fourth-order valence-corrected chi connectivity index (χ4v) is 2.60. The second kappa shape index (κ2) is 3.52. The van der Waals surface area contributed by atoms with Gasteiger partial charge in [-0.05, 0) is 42.0 Å². The summed E-state index contributed by atoms with van der Waals surface area (Å²) in [6, 6.07) is 7.91. The van der Waals surface area contributed by atoms with Crippen LogP contribution in [0.4, 0.5) is 0 Å². The maximum absolute atomic E-state index is 9.03. The van der Waals surface area contributed by atoms with E-state index in [9.17, 15) is 0 Å². The van der Waals surface area contributed by atoms with Crippen molar-refractivity contribution in [3.63, 3.8) is 0 Å². The van der Waals surface area contributed by atoms with Crippen molar-refractivity contribution in [1.82, 2.24) is 0 Å². The monoisotopic (exact) mass is 220 g/mol. The van der Waals surface area contributed by atoms with Gasteiger partial charge < -0.3 is 5.73 Å². The van der Waals surface area contributed by atoms with Crippen LogP contribution in [0.5, 0.6) is 0 Å². The molecule has 0 unspecified atom stereocenters. The van der Waals surface area contributed by atoms with Crippen LogP contribution in [-0.2, 0) is 5.41 Å². The molecule has 0 heterocycles. The number of hydrogen-bond acceptors (Lipinski definition) is 2. The second-order valence-corrected chi connectivity index (χ2v) is 4.97. The first kappa shape index (κ1) is 10.5. The van der Waals surface area contributed by atoms with Crippen molar-refractivity contribution >= 4 is 11.6 Å². The Bertz CT molecular complexity index is 428. The zero-order valence-electron chi connectivity index (χ0n) is 8.63. The van der Waals surface area contributed by atoms with E-state index in [-0.39, 0.29) is 11.5 Å². The van der Waals surface area contributed by atoms with Crippen LogP contribution >= 0.6 is 11.6 Å². The first-order chi connectivity index (χ1) is 7.05. The Morgan fingerprint density at radius 3 is 2.73 bits per heavy atom. The molecule has 1 aliphatic rings. The predicted molar refractivity (Wildman–Crippen MR) is 60.7 cm³/mol. The second-order valence-electron chi connectivity index (χ2n) is 4.53. The smallest absolute Gasteiger partial charge is 0.0994 e. The molecule has 0 bridgehead atoms. The maximum atomic E-state index is 9.03. The molecule has 1 saturated carbocycles. The summed E-state index contributed by atoms with van der Waals surface area (Å²) in [6.45, 7) is 2.14. The van der Waals surface area contributed by atoms with Gasteiger partial charge >= 0.3 is 0 Å². The molecule has 2 N–H and O–H groups in total. The SMILES string of the molecule is CC1(c2cc(Cl)ccc2C#N)CC(N)C1. The molecule has 0 spiro atoms. The lowest BCUT2D eigenvalue weighted by Crippen LogP contribution is -2.47. The summed E-state index contributed by atoms with van der Waals surface area (Å²) in [7, 11) is 0. The van der Waals surface area contributed by atoms with E-state index in [0.29, 0.717) is 10.6 Å². The molecule has 1 aromatic carbocycles. The van der Waals surface area contributed by atoms with Gasteiger partial charge in [0.15, 0.2) is 0 Å². The molecular weight excluding hydrogens is 208 g/mol. The molecule has 2 nitrogen and oxygen atoms in total. The van der Waals surface area contributed by atoms with Gasteiger partial charge in [-0.25, -0.2) is 0 Å². The zero-order chi connectivity index (χ0) is 11.1. The van der Waals surface area contributed by atoms with Crippen molar-refractivity contribution in [3.05, 3.63) is 34.3 Å². The summed E-state index contributed by atoms with van der Waals surface area (Å²) < 4.78 is 0. The Labute approximate surface area is 94.7 Å². The number of halogens is 1. The number of nitrogens with zero attached hydrogens (tertiary/aromatic N) is 1. The minimum Gasteiger partial charge on any atom is -0.328 e. The lowest BCUT2D eigenvalue weighted by molar-refractivity contribution is 0.227. The molecular formula is C12H13ClN2. The van der Waals surface area contributed by atoms with Gasteiger partial charge in [0, 0.05) is 11.1 Å². The average molecular weight is 221 g/mol. The molecule has 1 aliphatic carbocycles. The fraction of sp³-hybridized carbons (Fsp3) is 0.417. The van der Waals surface area contributed by atoms with Crippen molar-refractivity contribution in [2.45, 2.75) is 31.2 Å². The molecule has 0 aromatic heterocycles. The van der Waals surface area contributed by atoms with Gasteiger partial charge in [0.25, 0.3) is 0 Å². The van der Waals surface area contributed by atoms with Gasteiger partial charge in [-0.3, -0.25) is 0 Å². The Kier molecular flexibility index (Phi) is 2.46. The minimum absolute atomic E-state index is 0.0371. The molecule has 1 aromatic rings. The van der Waals surface area contributed by atoms with Gasteiger partial charge in [-0.2, -0.15) is 5.26 Å². The number of nitriles is 1. The molecule has 0 atom stereocenters. The third-order valence-electron chi connectivity index (χ3n) is 3.18. The number of benzene rings is 1. The summed E-state index contributed by atoms with van der Waals surface area (Å²) >= 11 is 5.96. The normalized spacial score (nSPS) is 29.3. The van der Waals surface area contributed by atoms with Gasteiger partial charge in [0.1, 0.15) is 0 Å². The number of rotatable bonds is 1. The van der Waals surface area contributed by atoms with Gasteiger partial charge in [-0.1, -0.05) is 18.5 Å². The first-order valence-corrected chi connectivity index (χ1v) is 5.39. The highest BCUT2D eigenvalue weighted by atomic mass is 35.5. The summed E-state index contributed by atoms with van der Waals surface area (Å²) in [5.41, 5.74) is 7.60. The molecule has 0 radical (unpaired) electrons. The van der Waals surface area contributed by atoms with Crippen molar-refractivity contribution in [1.29, 1.82) is 5.26 Å². The molecule has 0 amide bonds. The zero-order valence-corrected chi connectivity index (χ0v) is 9.38. The van der Waals surface area contributed by atoms with Crippen LogP contribution in [0.1, 0.15) is 30.9 Å². The van der Waals surface area contributed by atoms with E-state index in [4.69, 9.17) is 22.6 Å². The first-order valence-electron chi connectivity index (χ1n) is 5.01. The van der Waals surface area contributed by atoms with E-state index in [1.807, 2.05) is 6.07 Å². The van der Waals surface area contributed by atoms with E-state index < -0.39 is 0 Å². The van der Waals surface area contributed by atoms with Crippen LogP contribution in [0.25, 0.3) is 0 Å². The summed E-state index contributed by atoms with van der Waals surface area (Å²) in [5, 5.41) is 9.72. The van der Waals surface area contributed by atoms with E-state index >= 15 is 0 Å². The van der Waals surface area contributed by atoms with Gasteiger partial charge in [0.2, 0.25) is 0 Å².